The quantitative estimate of drug-likeness (QED) is 0.714. The van der Waals surface area contributed by atoms with Gasteiger partial charge in [-0.1, -0.05) is 0 Å². The second kappa shape index (κ2) is 5.20. The molecule has 2 nitrogen and oxygen atoms in total. The lowest BCUT2D eigenvalue weighted by Crippen LogP contribution is -2.23. The molecule has 0 unspecified atom stereocenters. The molecule has 1 heterocycles. The van der Waals surface area contributed by atoms with Crippen molar-refractivity contribution in [2.45, 2.75) is 26.7 Å². The molecule has 78 valence electrons. The summed E-state index contributed by atoms with van der Waals surface area (Å²) in [5, 5.41) is 0. The van der Waals surface area contributed by atoms with Crippen LogP contribution in [0.5, 0.6) is 0 Å². The van der Waals surface area contributed by atoms with E-state index in [1.54, 1.807) is 0 Å². The van der Waals surface area contributed by atoms with Crippen molar-refractivity contribution in [3.8, 4) is 0 Å². The minimum Gasteiger partial charge on any atom is -0.372 e. The summed E-state index contributed by atoms with van der Waals surface area (Å²) < 4.78 is 0. The summed E-state index contributed by atoms with van der Waals surface area (Å²) in [6.07, 6.45) is 1.87. The third-order valence-corrected chi connectivity index (χ3v) is 2.63. The fraction of sp³-hybridized carbons (Fsp3) is 0.545. The first kappa shape index (κ1) is 11.3. The number of aryl methyl sites for hydroxylation is 1. The minimum absolute atomic E-state index is 0.527. The normalized spacial score (nSPS) is 10.3. The van der Waals surface area contributed by atoms with Crippen molar-refractivity contribution in [3.63, 3.8) is 0 Å². The van der Waals surface area contributed by atoms with Crippen LogP contribution in [0, 0.1) is 6.92 Å². The standard InChI is InChI=1S/C11H17ClN2/c1-4-14(5-2)11-6-9(3)13-8-10(11)7-12/h6,8H,4-5,7H2,1-3H3. The predicted octanol–water partition coefficient (Wildman–Crippen LogP) is 2.98. The Bertz CT molecular complexity index is 295. The van der Waals surface area contributed by atoms with Crippen molar-refractivity contribution in [1.82, 2.24) is 4.98 Å². The highest BCUT2D eigenvalue weighted by Crippen LogP contribution is 2.22. The average molecular weight is 213 g/mol. The molecule has 3 heteroatoms. The molecule has 0 saturated carbocycles. The van der Waals surface area contributed by atoms with Gasteiger partial charge in [0.2, 0.25) is 0 Å². The van der Waals surface area contributed by atoms with E-state index in [1.807, 2.05) is 13.1 Å². The number of hydrogen-bond acceptors (Lipinski definition) is 2. The van der Waals surface area contributed by atoms with E-state index in [0.29, 0.717) is 5.88 Å². The summed E-state index contributed by atoms with van der Waals surface area (Å²) in [5.74, 6) is 0.527. The van der Waals surface area contributed by atoms with Gasteiger partial charge in [0.15, 0.2) is 0 Å². The predicted molar refractivity (Wildman–Crippen MR) is 62.1 cm³/mol. The van der Waals surface area contributed by atoms with Gasteiger partial charge >= 0.3 is 0 Å². The van der Waals surface area contributed by atoms with Crippen molar-refractivity contribution < 1.29 is 0 Å². The smallest absolute Gasteiger partial charge is 0.0509 e. The zero-order valence-corrected chi connectivity index (χ0v) is 9.80. The number of hydrogen-bond donors (Lipinski definition) is 0. The first-order valence-corrected chi connectivity index (χ1v) is 5.52. The van der Waals surface area contributed by atoms with Crippen molar-refractivity contribution in [3.05, 3.63) is 23.5 Å². The second-order valence-corrected chi connectivity index (χ2v) is 3.53. The summed E-state index contributed by atoms with van der Waals surface area (Å²) >= 11 is 5.88. The summed E-state index contributed by atoms with van der Waals surface area (Å²) in [6, 6.07) is 2.10. The van der Waals surface area contributed by atoms with Crippen molar-refractivity contribution >= 4 is 17.3 Å². The molecule has 0 aliphatic heterocycles. The number of alkyl halides is 1. The van der Waals surface area contributed by atoms with Crippen molar-refractivity contribution in [2.75, 3.05) is 18.0 Å². The van der Waals surface area contributed by atoms with Crippen LogP contribution in [0.1, 0.15) is 25.1 Å². The maximum absolute atomic E-state index is 5.88. The number of halogens is 1. The molecular formula is C11H17ClN2. The van der Waals surface area contributed by atoms with Gasteiger partial charge in [0.05, 0.1) is 5.88 Å². The zero-order chi connectivity index (χ0) is 10.6. The molecule has 0 spiro atoms. The van der Waals surface area contributed by atoms with E-state index in [9.17, 15) is 0 Å². The highest BCUT2D eigenvalue weighted by atomic mass is 35.5. The van der Waals surface area contributed by atoms with Gasteiger partial charge in [0.25, 0.3) is 0 Å². The van der Waals surface area contributed by atoms with Crippen LogP contribution < -0.4 is 4.90 Å². The van der Waals surface area contributed by atoms with E-state index in [1.165, 1.54) is 5.69 Å². The first-order chi connectivity index (χ1) is 6.72. The summed E-state index contributed by atoms with van der Waals surface area (Å²) in [5.41, 5.74) is 3.37. The fourth-order valence-corrected chi connectivity index (χ4v) is 1.74. The largest absolute Gasteiger partial charge is 0.372 e. The van der Waals surface area contributed by atoms with Crippen LogP contribution in [0.2, 0.25) is 0 Å². The Morgan fingerprint density at radius 1 is 1.36 bits per heavy atom. The molecule has 1 aromatic heterocycles. The van der Waals surface area contributed by atoms with Crippen LogP contribution in [0.15, 0.2) is 12.3 Å². The molecular weight excluding hydrogens is 196 g/mol. The Morgan fingerprint density at radius 3 is 2.50 bits per heavy atom. The molecule has 0 bridgehead atoms. The Morgan fingerprint density at radius 2 is 2.00 bits per heavy atom. The SMILES string of the molecule is CCN(CC)c1cc(C)ncc1CCl. The van der Waals surface area contributed by atoms with E-state index >= 15 is 0 Å². The van der Waals surface area contributed by atoms with E-state index in [2.05, 4.69) is 29.8 Å². The van der Waals surface area contributed by atoms with Crippen LogP contribution in [0.3, 0.4) is 0 Å². The van der Waals surface area contributed by atoms with Gasteiger partial charge in [-0.05, 0) is 26.8 Å². The van der Waals surface area contributed by atoms with Crippen LogP contribution in [0.25, 0.3) is 0 Å². The Balaban J connectivity index is 3.08. The lowest BCUT2D eigenvalue weighted by molar-refractivity contribution is 0.856. The summed E-state index contributed by atoms with van der Waals surface area (Å²) in [6.45, 7) is 8.31. The third-order valence-electron chi connectivity index (χ3n) is 2.35. The average Bonchev–Trinajstić information content (AvgIpc) is 2.20. The molecule has 14 heavy (non-hydrogen) atoms. The number of pyridine rings is 1. The molecule has 0 fully saturated rings. The Hall–Kier alpha value is -0.760. The molecule has 0 radical (unpaired) electrons. The number of nitrogens with zero attached hydrogens (tertiary/aromatic N) is 2. The molecule has 0 N–H and O–H groups in total. The van der Waals surface area contributed by atoms with E-state index < -0.39 is 0 Å². The lowest BCUT2D eigenvalue weighted by atomic mass is 10.2. The van der Waals surface area contributed by atoms with E-state index in [4.69, 9.17) is 11.6 Å². The Kier molecular flexibility index (Phi) is 4.21. The van der Waals surface area contributed by atoms with Gasteiger partial charge in [-0.25, -0.2) is 0 Å². The van der Waals surface area contributed by atoms with Crippen molar-refractivity contribution in [1.29, 1.82) is 0 Å². The molecule has 1 aromatic rings. The molecule has 1 rings (SSSR count). The number of anilines is 1. The van der Waals surface area contributed by atoms with Crippen molar-refractivity contribution in [2.24, 2.45) is 0 Å². The van der Waals surface area contributed by atoms with Crippen LogP contribution in [-0.4, -0.2) is 18.1 Å². The summed E-state index contributed by atoms with van der Waals surface area (Å²) in [7, 11) is 0. The fourth-order valence-electron chi connectivity index (χ4n) is 1.54. The lowest BCUT2D eigenvalue weighted by Gasteiger charge is -2.23. The van der Waals surface area contributed by atoms with Gasteiger partial charge in [0.1, 0.15) is 0 Å². The zero-order valence-electron chi connectivity index (χ0n) is 9.05. The molecule has 0 aromatic carbocycles. The van der Waals surface area contributed by atoms with Gasteiger partial charge in [0, 0.05) is 36.2 Å². The molecule has 0 aliphatic carbocycles. The summed E-state index contributed by atoms with van der Waals surface area (Å²) in [4.78, 5) is 6.55. The number of aromatic nitrogens is 1. The monoisotopic (exact) mass is 212 g/mol. The maximum Gasteiger partial charge on any atom is 0.0509 e. The molecule has 0 aliphatic rings. The van der Waals surface area contributed by atoms with E-state index in [-0.39, 0.29) is 0 Å². The van der Waals surface area contributed by atoms with Crippen LogP contribution in [-0.2, 0) is 5.88 Å². The maximum atomic E-state index is 5.88. The third kappa shape index (κ3) is 2.38. The second-order valence-electron chi connectivity index (χ2n) is 3.26. The molecule has 0 saturated heterocycles. The molecule has 0 atom stereocenters. The van der Waals surface area contributed by atoms with Gasteiger partial charge in [-0.2, -0.15) is 0 Å². The Labute approximate surface area is 90.9 Å². The highest BCUT2D eigenvalue weighted by Gasteiger charge is 2.08. The van der Waals surface area contributed by atoms with Crippen LogP contribution >= 0.6 is 11.6 Å². The van der Waals surface area contributed by atoms with Gasteiger partial charge in [-0.15, -0.1) is 11.6 Å². The van der Waals surface area contributed by atoms with Gasteiger partial charge in [-0.3, -0.25) is 4.98 Å². The van der Waals surface area contributed by atoms with Gasteiger partial charge < -0.3 is 4.90 Å². The first-order valence-electron chi connectivity index (χ1n) is 4.99. The van der Waals surface area contributed by atoms with Crippen LogP contribution in [0.4, 0.5) is 5.69 Å². The number of rotatable bonds is 4. The van der Waals surface area contributed by atoms with E-state index in [0.717, 1.165) is 24.3 Å². The minimum atomic E-state index is 0.527. The topological polar surface area (TPSA) is 16.1 Å². The molecule has 0 amide bonds. The highest BCUT2D eigenvalue weighted by molar-refractivity contribution is 6.17.